The zero-order valence-corrected chi connectivity index (χ0v) is 49.2. The van der Waals surface area contributed by atoms with Crippen LogP contribution in [0.5, 0.6) is 0 Å². The molecule has 0 aromatic rings. The molecule has 0 amide bonds. The van der Waals surface area contributed by atoms with Crippen LogP contribution in [0, 0.1) is 0 Å². The molecule has 0 aliphatic carbocycles. The average Bonchev–Trinajstić information content (AvgIpc) is 3.34. The third-order valence-electron chi connectivity index (χ3n) is 15.9. The van der Waals surface area contributed by atoms with E-state index in [-0.39, 0.29) is 0 Å². The van der Waals surface area contributed by atoms with Gasteiger partial charge < -0.3 is 14.4 Å². The van der Waals surface area contributed by atoms with Gasteiger partial charge in [0, 0.05) is 5.97 Å². The van der Waals surface area contributed by atoms with Crippen molar-refractivity contribution >= 4 is 5.97 Å². The molecule has 0 saturated carbocycles. The van der Waals surface area contributed by atoms with Crippen molar-refractivity contribution in [2.24, 2.45) is 0 Å². The van der Waals surface area contributed by atoms with Gasteiger partial charge in [-0.1, -0.05) is 336 Å². The molecule has 416 valence electrons. The number of carbonyl (C=O) groups excluding carboxylic acids is 1. The Bertz CT molecular complexity index is 766. The molecule has 0 aliphatic rings. The van der Waals surface area contributed by atoms with E-state index in [4.69, 9.17) is 9.90 Å². The molecule has 69 heavy (non-hydrogen) atoms. The predicted molar refractivity (Wildman–Crippen MR) is 312 cm³/mol. The number of carbonyl (C=O) groups is 1. The summed E-state index contributed by atoms with van der Waals surface area (Å²) >= 11 is 0. The lowest BCUT2D eigenvalue weighted by atomic mass is 10.0. The monoisotopic (exact) mass is 974 g/mol. The Labute approximate surface area is 438 Å². The number of quaternary nitrogens is 1. The fourth-order valence-electron chi connectivity index (χ4n) is 11.2. The maximum absolute atomic E-state index is 8.89. The zero-order chi connectivity index (χ0) is 50.5. The Kier molecular flexibility index (Phi) is 64.9. The molecule has 0 spiro atoms. The first-order valence-electron chi connectivity index (χ1n) is 33.0. The van der Waals surface area contributed by atoms with Crippen molar-refractivity contribution in [1.29, 1.82) is 0 Å². The van der Waals surface area contributed by atoms with E-state index in [2.05, 4.69) is 27.7 Å². The predicted octanol–water partition coefficient (Wildman–Crippen LogP) is 22.5. The Morgan fingerprint density at radius 1 is 0.217 bits per heavy atom. The van der Waals surface area contributed by atoms with Gasteiger partial charge in [-0.15, -0.1) is 0 Å². The van der Waals surface area contributed by atoms with Crippen LogP contribution in [0.2, 0.25) is 0 Å². The van der Waals surface area contributed by atoms with E-state index in [0.29, 0.717) is 0 Å². The molecule has 3 heteroatoms. The van der Waals surface area contributed by atoms with Crippen LogP contribution in [-0.4, -0.2) is 36.6 Å². The van der Waals surface area contributed by atoms with Crippen molar-refractivity contribution in [3.63, 3.8) is 0 Å². The van der Waals surface area contributed by atoms with Gasteiger partial charge in [0.1, 0.15) is 0 Å². The summed E-state index contributed by atoms with van der Waals surface area (Å²) in [6.45, 7) is 16.3. The van der Waals surface area contributed by atoms with Crippen LogP contribution in [-0.2, 0) is 4.79 Å². The first-order chi connectivity index (χ1) is 34.0. The number of rotatable bonds is 60. The molecule has 3 nitrogen and oxygen atoms in total. The first kappa shape index (κ1) is 70.5. The van der Waals surface area contributed by atoms with E-state index in [1.807, 2.05) is 0 Å². The standard InChI is InChI=1S/C64H132N.C2H4O2/c1-5-9-13-17-21-25-29-33-37-41-45-49-53-57-61-65(62-58-54-50-46-42-38-34-30-26-22-18-14-10-6-2,63-59-55-51-47-43-39-35-31-27-23-19-15-11-7-3)64-60-56-52-48-44-40-36-32-28-24-20-16-12-8-4;1-2(3)4/h5-64H2,1-4H3;1H3,(H,3,4)/q+1;/p-1. The fourth-order valence-corrected chi connectivity index (χ4v) is 11.2. The second kappa shape index (κ2) is 63.5. The van der Waals surface area contributed by atoms with Crippen molar-refractivity contribution in [3.05, 3.63) is 0 Å². The number of unbranched alkanes of at least 4 members (excludes halogenated alkanes) is 52. The molecule has 0 N–H and O–H groups in total. The van der Waals surface area contributed by atoms with Crippen molar-refractivity contribution in [2.45, 2.75) is 394 Å². The number of nitrogens with zero attached hydrogens (tertiary/aromatic N) is 1. The Hall–Kier alpha value is -0.570. The number of aliphatic carboxylic acids is 1. The largest absolute Gasteiger partial charge is 0.550 e. The van der Waals surface area contributed by atoms with Gasteiger partial charge in [-0.25, -0.2) is 0 Å². The van der Waals surface area contributed by atoms with Crippen LogP contribution < -0.4 is 5.11 Å². The molecule has 0 atom stereocenters. The van der Waals surface area contributed by atoms with Crippen LogP contribution in [0.3, 0.4) is 0 Å². The minimum absolute atomic E-state index is 0.972. The van der Waals surface area contributed by atoms with Gasteiger partial charge >= 0.3 is 0 Å². The summed E-state index contributed by atoms with van der Waals surface area (Å²) in [4.78, 5) is 8.89. The van der Waals surface area contributed by atoms with Crippen LogP contribution in [0.15, 0.2) is 0 Å². The summed E-state index contributed by atoms with van der Waals surface area (Å²) in [7, 11) is 0. The highest BCUT2D eigenvalue weighted by molar-refractivity contribution is 5.60. The van der Waals surface area contributed by atoms with E-state index in [1.54, 1.807) is 0 Å². The molecule has 0 heterocycles. The number of carboxylic acid groups (broad SMARTS) is 1. The topological polar surface area (TPSA) is 40.1 Å². The van der Waals surface area contributed by atoms with Crippen molar-refractivity contribution in [3.8, 4) is 0 Å². The second-order valence-electron chi connectivity index (χ2n) is 23.1. The van der Waals surface area contributed by atoms with E-state index < -0.39 is 5.97 Å². The molecular formula is C66H135NO2. The number of carboxylic acids is 1. The smallest absolute Gasteiger partial charge is 0.0786 e. The summed E-state index contributed by atoms with van der Waals surface area (Å²) in [5, 5.41) is 8.89. The van der Waals surface area contributed by atoms with Gasteiger partial charge in [-0.05, 0) is 58.3 Å². The number of hydrogen-bond acceptors (Lipinski definition) is 2. The maximum atomic E-state index is 8.89. The molecule has 0 unspecified atom stereocenters. The average molecular weight is 975 g/mol. The molecule has 0 rings (SSSR count). The summed E-state index contributed by atoms with van der Waals surface area (Å²) in [5.41, 5.74) is 0. The zero-order valence-electron chi connectivity index (χ0n) is 49.2. The van der Waals surface area contributed by atoms with E-state index in [0.717, 1.165) is 6.92 Å². The van der Waals surface area contributed by atoms with E-state index in [9.17, 15) is 0 Å². The van der Waals surface area contributed by atoms with Crippen LogP contribution >= 0.6 is 0 Å². The summed E-state index contributed by atoms with van der Waals surface area (Å²) in [5.74, 6) is -1.08. The van der Waals surface area contributed by atoms with Crippen molar-refractivity contribution < 1.29 is 14.4 Å². The lowest BCUT2D eigenvalue weighted by Gasteiger charge is -2.40. The molecule has 0 fully saturated rings. The van der Waals surface area contributed by atoms with Gasteiger partial charge in [-0.3, -0.25) is 0 Å². The quantitative estimate of drug-likeness (QED) is 0.0450. The molecule has 0 aromatic heterocycles. The maximum Gasteiger partial charge on any atom is 0.0786 e. The third kappa shape index (κ3) is 63.5. The van der Waals surface area contributed by atoms with Gasteiger partial charge in [0.15, 0.2) is 0 Å². The highest BCUT2D eigenvalue weighted by Crippen LogP contribution is 2.23. The van der Waals surface area contributed by atoms with Crippen molar-refractivity contribution in [2.75, 3.05) is 26.2 Å². The minimum atomic E-state index is -1.08. The lowest BCUT2D eigenvalue weighted by Crippen LogP contribution is -2.50. The number of hydrogen-bond donors (Lipinski definition) is 0. The molecule has 0 aliphatic heterocycles. The van der Waals surface area contributed by atoms with Gasteiger partial charge in [0.25, 0.3) is 0 Å². The summed E-state index contributed by atoms with van der Waals surface area (Å²) < 4.78 is 1.49. The Balaban J connectivity index is 0. The SMILES string of the molecule is CC(=O)[O-].CCCCCCCCCCCCCCCC[N+](CCCCCCCCCCCCCCCC)(CCCCCCCCCCCCCCCC)CCCCCCCCCCCCCCCC. The fraction of sp³-hybridized carbons (Fsp3) is 0.985. The van der Waals surface area contributed by atoms with Crippen LogP contribution in [0.4, 0.5) is 0 Å². The molecular weight excluding hydrogens is 839 g/mol. The van der Waals surface area contributed by atoms with E-state index >= 15 is 0 Å². The van der Waals surface area contributed by atoms with E-state index in [1.165, 1.54) is 390 Å². The van der Waals surface area contributed by atoms with Crippen molar-refractivity contribution in [1.82, 2.24) is 0 Å². The molecule has 0 radical (unpaired) electrons. The van der Waals surface area contributed by atoms with Gasteiger partial charge in [0.05, 0.1) is 26.2 Å². The summed E-state index contributed by atoms with van der Waals surface area (Å²) in [6.07, 6.45) is 82.7. The highest BCUT2D eigenvalue weighted by atomic mass is 16.4. The van der Waals surface area contributed by atoms with Gasteiger partial charge in [0.2, 0.25) is 0 Å². The highest BCUT2D eigenvalue weighted by Gasteiger charge is 2.26. The minimum Gasteiger partial charge on any atom is -0.550 e. The molecule has 0 saturated heterocycles. The first-order valence-corrected chi connectivity index (χ1v) is 33.0. The summed E-state index contributed by atoms with van der Waals surface area (Å²) in [6, 6.07) is 0. The van der Waals surface area contributed by atoms with Gasteiger partial charge in [-0.2, -0.15) is 0 Å². The third-order valence-corrected chi connectivity index (χ3v) is 15.9. The van der Waals surface area contributed by atoms with Crippen LogP contribution in [0.25, 0.3) is 0 Å². The second-order valence-corrected chi connectivity index (χ2v) is 23.1. The normalized spacial score (nSPS) is 11.7. The van der Waals surface area contributed by atoms with Crippen LogP contribution in [0.1, 0.15) is 394 Å². The molecule has 0 aromatic carbocycles. The molecule has 0 bridgehead atoms. The Morgan fingerprint density at radius 3 is 0.406 bits per heavy atom. The Morgan fingerprint density at radius 2 is 0.304 bits per heavy atom. The lowest BCUT2D eigenvalue weighted by molar-refractivity contribution is -0.929.